The molecular formula is C26H27N3O3. The van der Waals surface area contributed by atoms with Gasteiger partial charge in [0.15, 0.2) is 0 Å². The summed E-state index contributed by atoms with van der Waals surface area (Å²) in [6.45, 7) is 0.520. The van der Waals surface area contributed by atoms with Gasteiger partial charge in [-0.05, 0) is 62.0 Å². The van der Waals surface area contributed by atoms with E-state index < -0.39 is 0 Å². The number of nitrogens with one attached hydrogen (secondary N) is 1. The molecule has 32 heavy (non-hydrogen) atoms. The van der Waals surface area contributed by atoms with E-state index >= 15 is 0 Å². The Labute approximate surface area is 187 Å². The Morgan fingerprint density at radius 2 is 1.66 bits per heavy atom. The van der Waals surface area contributed by atoms with Crippen LogP contribution >= 0.6 is 0 Å². The third-order valence-electron chi connectivity index (χ3n) is 8.11. The number of pyridine rings is 1. The number of likely N-dealkylation sites (tertiary alicyclic amines) is 1. The minimum absolute atomic E-state index is 0.0344. The van der Waals surface area contributed by atoms with E-state index in [2.05, 4.69) is 22.5 Å². The van der Waals surface area contributed by atoms with Crippen LogP contribution in [0.5, 0.6) is 0 Å². The van der Waals surface area contributed by atoms with Crippen molar-refractivity contribution in [1.82, 2.24) is 9.88 Å². The number of hydrogen-bond acceptors (Lipinski definition) is 4. The molecule has 3 fully saturated rings. The standard InChI is InChI=1S/C26H27N3O3/c30-24(28-20-5-1-3-16-4-2-12-27-23(16)20)17-8-6-15(7-9-17)14-29-25(31)21-18-10-11-19(13-18)22(21)26(29)32/h1-5,10-12,15,17-19,21-22H,6-9,13-14H2,(H,28,30)/t15?,17?,18-,19+,21-,22+. The first-order valence-corrected chi connectivity index (χ1v) is 11.8. The highest BCUT2D eigenvalue weighted by molar-refractivity contribution is 6.06. The van der Waals surface area contributed by atoms with Crippen molar-refractivity contribution in [3.05, 3.63) is 48.7 Å². The van der Waals surface area contributed by atoms with E-state index in [9.17, 15) is 14.4 Å². The fourth-order valence-electron chi connectivity index (χ4n) is 6.45. The molecule has 3 aliphatic carbocycles. The van der Waals surface area contributed by atoms with Gasteiger partial charge in [0.2, 0.25) is 17.7 Å². The summed E-state index contributed by atoms with van der Waals surface area (Å²) in [7, 11) is 0. The van der Waals surface area contributed by atoms with Crippen LogP contribution in [0.2, 0.25) is 0 Å². The number of carbonyl (C=O) groups is 3. The van der Waals surface area contributed by atoms with E-state index in [1.54, 1.807) is 11.1 Å². The number of imide groups is 1. The van der Waals surface area contributed by atoms with Crippen molar-refractivity contribution in [2.75, 3.05) is 11.9 Å². The normalized spacial score (nSPS) is 33.2. The molecule has 6 nitrogen and oxygen atoms in total. The lowest BCUT2D eigenvalue weighted by atomic mass is 9.81. The second-order valence-corrected chi connectivity index (χ2v) is 9.87. The van der Waals surface area contributed by atoms with Crippen molar-refractivity contribution in [3.8, 4) is 0 Å². The van der Waals surface area contributed by atoms with Gasteiger partial charge in [0.05, 0.1) is 23.0 Å². The molecule has 4 atom stereocenters. The number of aromatic nitrogens is 1. The quantitative estimate of drug-likeness (QED) is 0.592. The second kappa shape index (κ2) is 7.54. The van der Waals surface area contributed by atoms with E-state index in [0.717, 1.165) is 48.7 Å². The van der Waals surface area contributed by atoms with Gasteiger partial charge in [-0.25, -0.2) is 0 Å². The van der Waals surface area contributed by atoms with Gasteiger partial charge in [0, 0.05) is 24.0 Å². The molecule has 2 bridgehead atoms. The van der Waals surface area contributed by atoms with Crippen LogP contribution in [-0.4, -0.2) is 34.2 Å². The third-order valence-corrected chi connectivity index (χ3v) is 8.11. The van der Waals surface area contributed by atoms with Crippen molar-refractivity contribution >= 4 is 34.3 Å². The van der Waals surface area contributed by atoms with Crippen molar-refractivity contribution in [3.63, 3.8) is 0 Å². The Kier molecular flexibility index (Phi) is 4.63. The lowest BCUT2D eigenvalue weighted by Crippen LogP contribution is -2.38. The number of nitrogens with zero attached hydrogens (tertiary/aromatic N) is 2. The highest BCUT2D eigenvalue weighted by atomic mass is 16.2. The number of amides is 3. The highest BCUT2D eigenvalue weighted by Crippen LogP contribution is 2.52. The zero-order valence-corrected chi connectivity index (χ0v) is 17.9. The first-order chi connectivity index (χ1) is 15.6. The molecule has 1 aliphatic heterocycles. The molecule has 3 amide bonds. The largest absolute Gasteiger partial charge is 0.324 e. The Balaban J connectivity index is 1.06. The molecular weight excluding hydrogens is 402 g/mol. The minimum atomic E-state index is -0.117. The molecule has 1 saturated heterocycles. The first-order valence-electron chi connectivity index (χ1n) is 11.8. The van der Waals surface area contributed by atoms with E-state index in [4.69, 9.17) is 0 Å². The zero-order valence-electron chi connectivity index (χ0n) is 17.9. The molecule has 0 radical (unpaired) electrons. The van der Waals surface area contributed by atoms with Crippen LogP contribution in [0.15, 0.2) is 48.7 Å². The number of carbonyl (C=O) groups excluding carboxylic acids is 3. The molecule has 164 valence electrons. The molecule has 6 heteroatoms. The predicted molar refractivity (Wildman–Crippen MR) is 120 cm³/mol. The van der Waals surface area contributed by atoms with Crippen LogP contribution in [0, 0.1) is 35.5 Å². The van der Waals surface area contributed by atoms with E-state index in [0.29, 0.717) is 6.54 Å². The smallest absolute Gasteiger partial charge is 0.233 e. The molecule has 1 aromatic heterocycles. The third kappa shape index (κ3) is 3.07. The average molecular weight is 430 g/mol. The maximum absolute atomic E-state index is 12.9. The van der Waals surface area contributed by atoms with Crippen LogP contribution < -0.4 is 5.32 Å². The topological polar surface area (TPSA) is 79.4 Å². The maximum atomic E-state index is 12.9. The van der Waals surface area contributed by atoms with Crippen LogP contribution in [0.1, 0.15) is 32.1 Å². The van der Waals surface area contributed by atoms with Crippen LogP contribution in [-0.2, 0) is 14.4 Å². The molecule has 1 aromatic carbocycles. The number of anilines is 1. The van der Waals surface area contributed by atoms with Crippen molar-refractivity contribution in [2.45, 2.75) is 32.1 Å². The number of rotatable bonds is 4. The molecule has 0 unspecified atom stereocenters. The predicted octanol–water partition coefficient (Wildman–Crippen LogP) is 3.79. The van der Waals surface area contributed by atoms with E-state index in [1.807, 2.05) is 30.3 Å². The fourth-order valence-corrected chi connectivity index (χ4v) is 6.45. The second-order valence-electron chi connectivity index (χ2n) is 9.87. The van der Waals surface area contributed by atoms with Crippen molar-refractivity contribution in [1.29, 1.82) is 0 Å². The first kappa shape index (κ1) is 19.6. The van der Waals surface area contributed by atoms with Gasteiger partial charge in [0.1, 0.15) is 0 Å². The Morgan fingerprint density at radius 1 is 0.969 bits per heavy atom. The Morgan fingerprint density at radius 3 is 2.38 bits per heavy atom. The van der Waals surface area contributed by atoms with Crippen molar-refractivity contribution in [2.24, 2.45) is 35.5 Å². The molecule has 2 heterocycles. The molecule has 6 rings (SSSR count). The van der Waals surface area contributed by atoms with Gasteiger partial charge in [-0.1, -0.05) is 30.4 Å². The van der Waals surface area contributed by atoms with Crippen LogP contribution in [0.4, 0.5) is 5.69 Å². The van der Waals surface area contributed by atoms with Crippen LogP contribution in [0.25, 0.3) is 10.9 Å². The SMILES string of the molecule is O=C(Nc1cccc2cccnc12)C1CCC(CN2C(=O)[C@@H]3[C@H](C2=O)[C@@H]2C=C[C@H]3C2)CC1. The number of benzene rings is 1. The summed E-state index contributed by atoms with van der Waals surface area (Å²) in [6.07, 6.45) is 10.3. The average Bonchev–Trinajstić information content (AvgIpc) is 3.50. The Hall–Kier alpha value is -3.02. The monoisotopic (exact) mass is 429 g/mol. The molecule has 2 saturated carbocycles. The summed E-state index contributed by atoms with van der Waals surface area (Å²) < 4.78 is 0. The van der Waals surface area contributed by atoms with Gasteiger partial charge >= 0.3 is 0 Å². The molecule has 0 spiro atoms. The number of allylic oxidation sites excluding steroid dienone is 2. The van der Waals surface area contributed by atoms with Crippen molar-refractivity contribution < 1.29 is 14.4 Å². The maximum Gasteiger partial charge on any atom is 0.233 e. The summed E-state index contributed by atoms with van der Waals surface area (Å²) >= 11 is 0. The lowest BCUT2D eigenvalue weighted by molar-refractivity contribution is -0.142. The highest BCUT2D eigenvalue weighted by Gasteiger charge is 2.59. The van der Waals surface area contributed by atoms with Crippen LogP contribution in [0.3, 0.4) is 0 Å². The van der Waals surface area contributed by atoms with Gasteiger partial charge < -0.3 is 5.32 Å². The summed E-state index contributed by atoms with van der Waals surface area (Å²) in [5.41, 5.74) is 1.55. The fraction of sp³-hybridized carbons (Fsp3) is 0.462. The molecule has 2 aromatic rings. The summed E-state index contributed by atoms with van der Waals surface area (Å²) in [5.74, 6) is 0.643. The Bertz CT molecular complexity index is 1100. The number of fused-ring (bicyclic) bond motifs is 6. The molecule has 1 N–H and O–H groups in total. The summed E-state index contributed by atoms with van der Waals surface area (Å²) in [4.78, 5) is 44.8. The van der Waals surface area contributed by atoms with E-state index in [-0.39, 0.29) is 53.2 Å². The number of para-hydroxylation sites is 1. The minimum Gasteiger partial charge on any atom is -0.324 e. The van der Waals surface area contributed by atoms with Gasteiger partial charge in [-0.3, -0.25) is 24.3 Å². The number of hydrogen-bond donors (Lipinski definition) is 1. The summed E-state index contributed by atoms with van der Waals surface area (Å²) in [6, 6.07) is 9.68. The van der Waals surface area contributed by atoms with Gasteiger partial charge in [-0.15, -0.1) is 0 Å². The zero-order chi connectivity index (χ0) is 21.8. The summed E-state index contributed by atoms with van der Waals surface area (Å²) in [5, 5.41) is 4.08. The van der Waals surface area contributed by atoms with Gasteiger partial charge in [0.25, 0.3) is 0 Å². The lowest BCUT2D eigenvalue weighted by Gasteiger charge is -2.30. The van der Waals surface area contributed by atoms with E-state index in [1.165, 1.54) is 0 Å². The van der Waals surface area contributed by atoms with Gasteiger partial charge in [-0.2, -0.15) is 0 Å². The molecule has 4 aliphatic rings.